The minimum atomic E-state index is 0.287. The highest BCUT2D eigenvalue weighted by Gasteiger charge is 2.08. The Morgan fingerprint density at radius 2 is 1.67 bits per heavy atom. The molecule has 0 heterocycles. The molecule has 27 heavy (non-hydrogen) atoms. The van der Waals surface area contributed by atoms with Gasteiger partial charge in [-0.05, 0) is 42.7 Å². The second-order valence-corrected chi connectivity index (χ2v) is 6.78. The number of ether oxygens (including phenoxy) is 2. The van der Waals surface area contributed by atoms with Gasteiger partial charge in [-0.3, -0.25) is 0 Å². The van der Waals surface area contributed by atoms with Crippen molar-refractivity contribution < 1.29 is 9.47 Å². The highest BCUT2D eigenvalue weighted by atomic mass is 16.5. The topological polar surface area (TPSA) is 30.5 Å². The molecule has 0 bridgehead atoms. The van der Waals surface area contributed by atoms with Crippen LogP contribution in [0.4, 0.5) is 0 Å². The number of aryl methyl sites for hydroxylation is 1. The molecule has 3 aromatic rings. The predicted molar refractivity (Wildman–Crippen MR) is 110 cm³/mol. The van der Waals surface area contributed by atoms with Crippen LogP contribution < -0.4 is 14.8 Å². The van der Waals surface area contributed by atoms with E-state index in [2.05, 4.69) is 67.7 Å². The van der Waals surface area contributed by atoms with E-state index in [0.717, 1.165) is 29.2 Å². The fourth-order valence-electron chi connectivity index (χ4n) is 3.03. The average molecular weight is 361 g/mol. The summed E-state index contributed by atoms with van der Waals surface area (Å²) in [6.45, 7) is 5.56. The molecule has 0 saturated heterocycles. The molecule has 140 valence electrons. The van der Waals surface area contributed by atoms with Crippen molar-refractivity contribution in [2.24, 2.45) is 0 Å². The van der Waals surface area contributed by atoms with Crippen LogP contribution in [0.15, 0.2) is 72.8 Å². The zero-order chi connectivity index (χ0) is 19.1. The second kappa shape index (κ2) is 9.24. The Hall–Kier alpha value is -2.78. The van der Waals surface area contributed by atoms with Crippen molar-refractivity contribution in [1.82, 2.24) is 5.32 Å². The Labute approximate surface area is 162 Å². The molecule has 3 rings (SSSR count). The molecule has 1 N–H and O–H groups in total. The first-order valence-electron chi connectivity index (χ1n) is 9.29. The van der Waals surface area contributed by atoms with Crippen LogP contribution in [-0.4, -0.2) is 7.11 Å². The molecule has 0 radical (unpaired) electrons. The van der Waals surface area contributed by atoms with Crippen LogP contribution in [0.3, 0.4) is 0 Å². The van der Waals surface area contributed by atoms with Gasteiger partial charge in [-0.1, -0.05) is 66.2 Å². The minimum Gasteiger partial charge on any atom is -0.493 e. The summed E-state index contributed by atoms with van der Waals surface area (Å²) in [5.74, 6) is 1.52. The second-order valence-electron chi connectivity index (χ2n) is 6.78. The van der Waals surface area contributed by atoms with Gasteiger partial charge < -0.3 is 14.8 Å². The summed E-state index contributed by atoms with van der Waals surface area (Å²) in [6.07, 6.45) is 0. The molecule has 0 aromatic heterocycles. The van der Waals surface area contributed by atoms with Crippen molar-refractivity contribution in [3.8, 4) is 11.5 Å². The van der Waals surface area contributed by atoms with Crippen molar-refractivity contribution in [1.29, 1.82) is 0 Å². The SMILES string of the molecule is COc1cc(CN[C@@H](C)c2ccccc2)ccc1OCc1cccc(C)c1. The van der Waals surface area contributed by atoms with E-state index in [1.807, 2.05) is 24.3 Å². The van der Waals surface area contributed by atoms with Gasteiger partial charge in [0.1, 0.15) is 6.61 Å². The molecule has 0 amide bonds. The first kappa shape index (κ1) is 19.0. The molecule has 3 aromatic carbocycles. The summed E-state index contributed by atoms with van der Waals surface area (Å²) in [6, 6.07) is 25.2. The number of benzene rings is 3. The van der Waals surface area contributed by atoms with Crippen molar-refractivity contribution in [2.75, 3.05) is 7.11 Å². The summed E-state index contributed by atoms with van der Waals surface area (Å²) in [4.78, 5) is 0. The van der Waals surface area contributed by atoms with E-state index in [4.69, 9.17) is 9.47 Å². The molecule has 3 nitrogen and oxygen atoms in total. The lowest BCUT2D eigenvalue weighted by molar-refractivity contribution is 0.284. The Balaban J connectivity index is 1.61. The molecule has 0 saturated carbocycles. The van der Waals surface area contributed by atoms with E-state index in [0.29, 0.717) is 6.61 Å². The quantitative estimate of drug-likeness (QED) is 0.580. The van der Waals surface area contributed by atoms with Crippen molar-refractivity contribution in [3.63, 3.8) is 0 Å². The molecule has 1 atom stereocenters. The normalized spacial score (nSPS) is 11.8. The van der Waals surface area contributed by atoms with Gasteiger partial charge in [0.05, 0.1) is 7.11 Å². The zero-order valence-electron chi connectivity index (χ0n) is 16.2. The van der Waals surface area contributed by atoms with Gasteiger partial charge in [0, 0.05) is 12.6 Å². The first-order chi connectivity index (χ1) is 13.2. The van der Waals surface area contributed by atoms with Gasteiger partial charge in [0.2, 0.25) is 0 Å². The number of hydrogen-bond donors (Lipinski definition) is 1. The van der Waals surface area contributed by atoms with Crippen LogP contribution in [0.2, 0.25) is 0 Å². The third-order valence-corrected chi connectivity index (χ3v) is 4.62. The van der Waals surface area contributed by atoms with Crippen molar-refractivity contribution >= 4 is 0 Å². The number of rotatable bonds is 8. The van der Waals surface area contributed by atoms with Crippen LogP contribution in [0.25, 0.3) is 0 Å². The number of nitrogens with one attached hydrogen (secondary N) is 1. The average Bonchev–Trinajstić information content (AvgIpc) is 2.71. The summed E-state index contributed by atoms with van der Waals surface area (Å²) in [7, 11) is 1.68. The Morgan fingerprint density at radius 3 is 2.41 bits per heavy atom. The first-order valence-corrected chi connectivity index (χ1v) is 9.29. The fraction of sp³-hybridized carbons (Fsp3) is 0.250. The molecule has 3 heteroatoms. The van der Waals surface area contributed by atoms with Gasteiger partial charge >= 0.3 is 0 Å². The van der Waals surface area contributed by atoms with E-state index in [9.17, 15) is 0 Å². The molecular weight excluding hydrogens is 334 g/mol. The van der Waals surface area contributed by atoms with Gasteiger partial charge in [-0.25, -0.2) is 0 Å². The molecular formula is C24H27NO2. The van der Waals surface area contributed by atoms with E-state index < -0.39 is 0 Å². The van der Waals surface area contributed by atoms with Crippen LogP contribution in [-0.2, 0) is 13.2 Å². The zero-order valence-corrected chi connectivity index (χ0v) is 16.2. The van der Waals surface area contributed by atoms with Gasteiger partial charge in [-0.2, -0.15) is 0 Å². The molecule has 0 aliphatic heterocycles. The standard InChI is InChI=1S/C24H27NO2/c1-18-8-7-9-21(14-18)17-27-23-13-12-20(15-24(23)26-3)16-25-19(2)22-10-5-4-6-11-22/h4-15,19,25H,16-17H2,1-3H3/t19-/m0/s1. The highest BCUT2D eigenvalue weighted by Crippen LogP contribution is 2.29. The van der Waals surface area contributed by atoms with Crippen molar-refractivity contribution in [2.45, 2.75) is 33.0 Å². The van der Waals surface area contributed by atoms with Gasteiger partial charge in [0.15, 0.2) is 11.5 Å². The molecule has 0 spiro atoms. The lowest BCUT2D eigenvalue weighted by atomic mass is 10.1. The summed E-state index contributed by atoms with van der Waals surface area (Å²) in [5.41, 5.74) is 4.83. The fourth-order valence-corrected chi connectivity index (χ4v) is 3.03. The van der Waals surface area contributed by atoms with Gasteiger partial charge in [0.25, 0.3) is 0 Å². The molecule has 0 aliphatic carbocycles. The highest BCUT2D eigenvalue weighted by molar-refractivity contribution is 5.43. The number of hydrogen-bond acceptors (Lipinski definition) is 3. The van der Waals surface area contributed by atoms with Crippen LogP contribution in [0.1, 0.15) is 35.2 Å². The van der Waals surface area contributed by atoms with Gasteiger partial charge in [-0.15, -0.1) is 0 Å². The maximum absolute atomic E-state index is 5.97. The smallest absolute Gasteiger partial charge is 0.161 e. The molecule has 0 aliphatic rings. The Bertz CT molecular complexity index is 861. The third-order valence-electron chi connectivity index (χ3n) is 4.62. The predicted octanol–water partition coefficient (Wildman–Crippen LogP) is 5.43. The van der Waals surface area contributed by atoms with Crippen LogP contribution in [0, 0.1) is 6.92 Å². The lowest BCUT2D eigenvalue weighted by Crippen LogP contribution is -2.18. The van der Waals surface area contributed by atoms with Crippen LogP contribution in [0.5, 0.6) is 11.5 Å². The molecule has 0 unspecified atom stereocenters. The lowest BCUT2D eigenvalue weighted by Gasteiger charge is -2.16. The maximum Gasteiger partial charge on any atom is 0.161 e. The monoisotopic (exact) mass is 361 g/mol. The maximum atomic E-state index is 5.97. The largest absolute Gasteiger partial charge is 0.493 e. The number of methoxy groups -OCH3 is 1. The van der Waals surface area contributed by atoms with E-state index >= 15 is 0 Å². The van der Waals surface area contributed by atoms with E-state index in [1.54, 1.807) is 7.11 Å². The third kappa shape index (κ3) is 5.35. The van der Waals surface area contributed by atoms with E-state index in [1.165, 1.54) is 11.1 Å². The Morgan fingerprint density at radius 1 is 0.852 bits per heavy atom. The molecule has 0 fully saturated rings. The summed E-state index contributed by atoms with van der Waals surface area (Å²) < 4.78 is 11.5. The van der Waals surface area contributed by atoms with Crippen LogP contribution >= 0.6 is 0 Å². The van der Waals surface area contributed by atoms with Crippen molar-refractivity contribution in [3.05, 3.63) is 95.1 Å². The van der Waals surface area contributed by atoms with E-state index in [-0.39, 0.29) is 6.04 Å². The summed E-state index contributed by atoms with van der Waals surface area (Å²) >= 11 is 0. The minimum absolute atomic E-state index is 0.287. The Kier molecular flexibility index (Phi) is 6.50. The summed E-state index contributed by atoms with van der Waals surface area (Å²) in [5, 5.41) is 3.55.